The molecule has 29 heavy (non-hydrogen) atoms. The van der Waals surface area contributed by atoms with Crippen LogP contribution < -0.4 is 5.32 Å². The van der Waals surface area contributed by atoms with Crippen molar-refractivity contribution in [1.82, 2.24) is 9.97 Å². The van der Waals surface area contributed by atoms with Crippen LogP contribution >= 0.6 is 0 Å². The first kappa shape index (κ1) is 18.4. The highest BCUT2D eigenvalue weighted by Gasteiger charge is 2.09. The van der Waals surface area contributed by atoms with Gasteiger partial charge in [0.25, 0.3) is 5.91 Å². The largest absolute Gasteiger partial charge is 0.335 e. The van der Waals surface area contributed by atoms with Gasteiger partial charge >= 0.3 is 0 Å². The normalized spacial score (nSPS) is 11.1. The van der Waals surface area contributed by atoms with Crippen molar-refractivity contribution in [2.45, 2.75) is 6.92 Å². The van der Waals surface area contributed by atoms with Gasteiger partial charge in [-0.15, -0.1) is 0 Å². The van der Waals surface area contributed by atoms with Crippen LogP contribution in [0.5, 0.6) is 0 Å². The molecular weight excluding hydrogens is 362 g/mol. The number of amides is 1. The number of fused-ring (bicyclic) bond motifs is 1. The van der Waals surface area contributed by atoms with Crippen molar-refractivity contribution in [1.29, 1.82) is 0 Å². The van der Waals surface area contributed by atoms with E-state index in [9.17, 15) is 9.59 Å². The van der Waals surface area contributed by atoms with Crippen LogP contribution in [-0.2, 0) is 0 Å². The molecule has 4 rings (SSSR count). The predicted molar refractivity (Wildman–Crippen MR) is 115 cm³/mol. The molecule has 0 saturated heterocycles. The van der Waals surface area contributed by atoms with Crippen LogP contribution in [0.4, 0.5) is 5.69 Å². The number of anilines is 1. The Morgan fingerprint density at radius 3 is 2.41 bits per heavy atom. The second-order valence-electron chi connectivity index (χ2n) is 6.69. The number of aromatic amines is 1. The summed E-state index contributed by atoms with van der Waals surface area (Å²) in [7, 11) is 0. The van der Waals surface area contributed by atoms with Crippen molar-refractivity contribution in [3.63, 3.8) is 0 Å². The lowest BCUT2D eigenvalue weighted by atomic mass is 10.1. The van der Waals surface area contributed by atoms with E-state index < -0.39 is 0 Å². The molecule has 0 unspecified atom stereocenters. The predicted octanol–water partition coefficient (Wildman–Crippen LogP) is 5.02. The summed E-state index contributed by atoms with van der Waals surface area (Å²) in [6.45, 7) is 1.95. The van der Waals surface area contributed by atoms with Crippen molar-refractivity contribution in [3.05, 3.63) is 101 Å². The van der Waals surface area contributed by atoms with Gasteiger partial charge in [-0.25, -0.2) is 4.98 Å². The van der Waals surface area contributed by atoms with Crippen molar-refractivity contribution < 1.29 is 9.59 Å². The van der Waals surface area contributed by atoms with Crippen molar-refractivity contribution >= 4 is 34.5 Å². The highest BCUT2D eigenvalue weighted by atomic mass is 16.1. The van der Waals surface area contributed by atoms with E-state index in [0.717, 1.165) is 27.8 Å². The van der Waals surface area contributed by atoms with Gasteiger partial charge in [0.1, 0.15) is 0 Å². The van der Waals surface area contributed by atoms with E-state index in [0.29, 0.717) is 11.4 Å². The fraction of sp³-hybridized carbons (Fsp3) is 0.0417. The lowest BCUT2D eigenvalue weighted by Crippen LogP contribution is -2.12. The zero-order valence-electron chi connectivity index (χ0n) is 15.8. The second kappa shape index (κ2) is 7.94. The van der Waals surface area contributed by atoms with E-state index in [1.165, 1.54) is 6.08 Å². The molecule has 0 radical (unpaired) electrons. The van der Waals surface area contributed by atoms with Crippen LogP contribution in [0.25, 0.3) is 17.1 Å². The molecular formula is C24H19N3O2. The Bertz CT molecular complexity index is 1190. The molecule has 1 heterocycles. The van der Waals surface area contributed by atoms with Crippen LogP contribution in [0.15, 0.2) is 78.9 Å². The summed E-state index contributed by atoms with van der Waals surface area (Å²) in [5.41, 5.74) is 4.75. The lowest BCUT2D eigenvalue weighted by Gasteiger charge is -2.08. The van der Waals surface area contributed by atoms with E-state index >= 15 is 0 Å². The number of nitrogens with zero attached hydrogens (tertiary/aromatic N) is 1. The molecule has 0 spiro atoms. The molecule has 1 aromatic heterocycles. The van der Waals surface area contributed by atoms with E-state index in [-0.39, 0.29) is 11.7 Å². The molecule has 0 saturated carbocycles. The Hall–Kier alpha value is -3.99. The molecule has 0 aliphatic heterocycles. The fourth-order valence-corrected chi connectivity index (χ4v) is 2.97. The maximum Gasteiger partial charge on any atom is 0.255 e. The first-order chi connectivity index (χ1) is 14.1. The molecule has 0 aliphatic rings. The number of rotatable bonds is 5. The van der Waals surface area contributed by atoms with Crippen molar-refractivity contribution in [3.8, 4) is 0 Å². The zero-order valence-corrected chi connectivity index (χ0v) is 15.8. The molecule has 1 amide bonds. The quantitative estimate of drug-likeness (QED) is 0.376. The van der Waals surface area contributed by atoms with E-state index in [1.54, 1.807) is 30.3 Å². The lowest BCUT2D eigenvalue weighted by molar-refractivity contribution is 0.102. The monoisotopic (exact) mass is 381 g/mol. The smallest absolute Gasteiger partial charge is 0.255 e. The van der Waals surface area contributed by atoms with Gasteiger partial charge in [0.05, 0.1) is 11.0 Å². The summed E-state index contributed by atoms with van der Waals surface area (Å²) in [6, 6.07) is 22.2. The summed E-state index contributed by atoms with van der Waals surface area (Å²) >= 11 is 0. The number of allylic oxidation sites excluding steroid dienone is 1. The van der Waals surface area contributed by atoms with Gasteiger partial charge in [-0.05, 0) is 54.5 Å². The Labute approximate surface area is 168 Å². The van der Waals surface area contributed by atoms with Crippen molar-refractivity contribution in [2.75, 3.05) is 5.32 Å². The fourth-order valence-electron chi connectivity index (χ4n) is 2.97. The SMILES string of the molecule is Cc1ccccc1NC(=O)c1ccc(C=CC(=O)c2nc3ccccc3[nH]2)cc1. The van der Waals surface area contributed by atoms with Crippen LogP contribution in [0.2, 0.25) is 0 Å². The number of nitrogens with one attached hydrogen (secondary N) is 2. The number of aryl methyl sites for hydroxylation is 1. The van der Waals surface area contributed by atoms with E-state index in [1.807, 2.05) is 55.5 Å². The number of benzene rings is 3. The Kier molecular flexibility index (Phi) is 5.03. The Balaban J connectivity index is 1.44. The summed E-state index contributed by atoms with van der Waals surface area (Å²) in [5, 5.41) is 2.91. The number of hydrogen-bond acceptors (Lipinski definition) is 3. The second-order valence-corrected chi connectivity index (χ2v) is 6.69. The third-order valence-electron chi connectivity index (χ3n) is 4.62. The minimum absolute atomic E-state index is 0.173. The topological polar surface area (TPSA) is 74.8 Å². The first-order valence-corrected chi connectivity index (χ1v) is 9.24. The number of carbonyl (C=O) groups is 2. The maximum atomic E-state index is 12.4. The minimum atomic E-state index is -0.206. The molecule has 0 atom stereocenters. The number of ketones is 1. The van der Waals surface area contributed by atoms with Crippen LogP contribution in [-0.4, -0.2) is 21.7 Å². The molecule has 5 nitrogen and oxygen atoms in total. The summed E-state index contributed by atoms with van der Waals surface area (Å²) in [5.74, 6) is -0.0765. The van der Waals surface area contributed by atoms with Crippen LogP contribution in [0, 0.1) is 6.92 Å². The standard InChI is InChI=1S/C24H19N3O2/c1-16-6-2-3-7-19(16)27-24(29)18-13-10-17(11-14-18)12-15-22(28)23-25-20-8-4-5-9-21(20)26-23/h2-15H,1H3,(H,25,26)(H,27,29). The zero-order chi connectivity index (χ0) is 20.2. The number of imidazole rings is 1. The molecule has 5 heteroatoms. The van der Waals surface area contributed by atoms with Crippen LogP contribution in [0.3, 0.4) is 0 Å². The molecule has 0 fully saturated rings. The van der Waals surface area contributed by atoms with Gasteiger partial charge in [-0.3, -0.25) is 9.59 Å². The highest BCUT2D eigenvalue weighted by Crippen LogP contribution is 2.16. The minimum Gasteiger partial charge on any atom is -0.335 e. The van der Waals surface area contributed by atoms with Gasteiger partial charge in [0, 0.05) is 11.3 Å². The van der Waals surface area contributed by atoms with Gasteiger partial charge in [-0.2, -0.15) is 0 Å². The number of H-pyrrole nitrogens is 1. The molecule has 0 aliphatic carbocycles. The van der Waals surface area contributed by atoms with Crippen LogP contribution in [0.1, 0.15) is 32.1 Å². The third-order valence-corrected chi connectivity index (χ3v) is 4.62. The summed E-state index contributed by atoms with van der Waals surface area (Å²) < 4.78 is 0. The van der Waals surface area contributed by atoms with E-state index in [4.69, 9.17) is 0 Å². The number of hydrogen-bond donors (Lipinski definition) is 2. The Morgan fingerprint density at radius 2 is 1.66 bits per heavy atom. The number of para-hydroxylation sites is 3. The van der Waals surface area contributed by atoms with Crippen molar-refractivity contribution in [2.24, 2.45) is 0 Å². The molecule has 4 aromatic rings. The highest BCUT2D eigenvalue weighted by molar-refractivity contribution is 6.06. The van der Waals surface area contributed by atoms with Gasteiger partial charge in [0.2, 0.25) is 5.78 Å². The molecule has 2 N–H and O–H groups in total. The van der Waals surface area contributed by atoms with Gasteiger partial charge < -0.3 is 10.3 Å². The average Bonchev–Trinajstić information content (AvgIpc) is 3.18. The number of aromatic nitrogens is 2. The Morgan fingerprint density at radius 1 is 0.931 bits per heavy atom. The summed E-state index contributed by atoms with van der Waals surface area (Å²) in [4.78, 5) is 32.1. The van der Waals surface area contributed by atoms with Gasteiger partial charge in [0.15, 0.2) is 5.82 Å². The molecule has 142 valence electrons. The number of carbonyl (C=O) groups excluding carboxylic acids is 2. The van der Waals surface area contributed by atoms with E-state index in [2.05, 4.69) is 15.3 Å². The molecule has 3 aromatic carbocycles. The first-order valence-electron chi connectivity index (χ1n) is 9.24. The third kappa shape index (κ3) is 4.14. The average molecular weight is 381 g/mol. The maximum absolute atomic E-state index is 12.4. The molecule has 0 bridgehead atoms. The summed E-state index contributed by atoms with van der Waals surface area (Å²) in [6.07, 6.45) is 3.18. The van der Waals surface area contributed by atoms with Gasteiger partial charge in [-0.1, -0.05) is 48.5 Å².